The topological polar surface area (TPSA) is 77.0 Å². The van der Waals surface area contributed by atoms with Gasteiger partial charge in [0.25, 0.3) is 0 Å². The molecule has 0 radical (unpaired) electrons. The molecule has 0 spiro atoms. The third kappa shape index (κ3) is 3.56. The van der Waals surface area contributed by atoms with E-state index in [0.29, 0.717) is 22.0 Å². The number of pyridine rings is 1. The molecule has 3 rings (SSSR count). The lowest BCUT2D eigenvalue weighted by Crippen LogP contribution is -2.02. The molecule has 0 fully saturated rings. The zero-order valence-corrected chi connectivity index (χ0v) is 14.0. The zero-order valence-electron chi connectivity index (χ0n) is 13.2. The van der Waals surface area contributed by atoms with Gasteiger partial charge in [0.1, 0.15) is 5.82 Å². The lowest BCUT2D eigenvalue weighted by atomic mass is 10.1. The van der Waals surface area contributed by atoms with Gasteiger partial charge in [-0.2, -0.15) is 0 Å². The van der Waals surface area contributed by atoms with Crippen LogP contribution in [0.25, 0.3) is 22.2 Å². The summed E-state index contributed by atoms with van der Waals surface area (Å²) in [4.78, 5) is 4.56. The van der Waals surface area contributed by atoms with Crippen molar-refractivity contribution in [2.75, 3.05) is 5.32 Å². The van der Waals surface area contributed by atoms with Crippen LogP contribution in [-0.4, -0.2) is 4.98 Å². The Balaban J connectivity index is 2.20. The molecule has 0 bridgehead atoms. The molecule has 0 aliphatic rings. The minimum atomic E-state index is -0.394. The zero-order chi connectivity index (χ0) is 17.8. The number of allylic oxidation sites excluding steroid dienone is 1. The molecule has 0 aliphatic heterocycles. The van der Waals surface area contributed by atoms with Gasteiger partial charge in [-0.15, -0.1) is 0 Å². The monoisotopic (exact) mass is 354 g/mol. The van der Waals surface area contributed by atoms with Crippen molar-refractivity contribution in [3.05, 3.63) is 83.5 Å². The Kier molecular flexibility index (Phi) is 4.86. The normalized spacial score (nSPS) is 12.0. The van der Waals surface area contributed by atoms with Crippen molar-refractivity contribution in [1.82, 2.24) is 4.98 Å². The maximum absolute atomic E-state index is 14.3. The molecule has 1 aromatic heterocycles. The van der Waals surface area contributed by atoms with E-state index >= 15 is 0 Å². The van der Waals surface area contributed by atoms with Gasteiger partial charge >= 0.3 is 0 Å². The summed E-state index contributed by atoms with van der Waals surface area (Å²) in [6.45, 7) is 0. The third-order valence-electron chi connectivity index (χ3n) is 3.65. The van der Waals surface area contributed by atoms with E-state index in [4.69, 9.17) is 23.1 Å². The molecule has 4 nitrogen and oxygen atoms in total. The maximum Gasteiger partial charge on any atom is 0.132 e. The third-order valence-corrected chi connectivity index (χ3v) is 3.89. The Bertz CT molecular complexity index is 982. The molecular weight excluding hydrogens is 339 g/mol. The second-order valence-electron chi connectivity index (χ2n) is 5.30. The quantitative estimate of drug-likeness (QED) is 0.608. The first kappa shape index (κ1) is 16.8. The van der Waals surface area contributed by atoms with E-state index in [9.17, 15) is 4.39 Å². The second-order valence-corrected chi connectivity index (χ2v) is 5.74. The number of aromatic nitrogens is 1. The van der Waals surface area contributed by atoms with E-state index in [1.807, 2.05) is 24.3 Å². The molecule has 6 heteroatoms. The highest BCUT2D eigenvalue weighted by atomic mass is 35.5. The smallest absolute Gasteiger partial charge is 0.132 e. The van der Waals surface area contributed by atoms with Crippen LogP contribution in [0.4, 0.5) is 10.1 Å². The summed E-state index contributed by atoms with van der Waals surface area (Å²) >= 11 is 6.01. The summed E-state index contributed by atoms with van der Waals surface area (Å²) in [5, 5.41) is 4.50. The van der Waals surface area contributed by atoms with Crippen molar-refractivity contribution in [2.24, 2.45) is 11.5 Å². The Morgan fingerprint density at radius 3 is 2.68 bits per heavy atom. The molecular formula is C19H16ClFN4. The van der Waals surface area contributed by atoms with Crippen LogP contribution in [0, 0.1) is 5.82 Å². The van der Waals surface area contributed by atoms with Crippen LogP contribution in [-0.2, 0) is 0 Å². The number of para-hydroxylation sites is 1. The highest BCUT2D eigenvalue weighted by Gasteiger charge is 2.12. The van der Waals surface area contributed by atoms with Crippen LogP contribution in [0.3, 0.4) is 0 Å². The number of rotatable bonds is 4. The van der Waals surface area contributed by atoms with Crippen LogP contribution < -0.4 is 16.8 Å². The molecule has 25 heavy (non-hydrogen) atoms. The van der Waals surface area contributed by atoms with Gasteiger partial charge in [0, 0.05) is 22.2 Å². The van der Waals surface area contributed by atoms with Gasteiger partial charge in [0.15, 0.2) is 0 Å². The number of nitrogens with one attached hydrogen (secondary N) is 1. The van der Waals surface area contributed by atoms with Crippen molar-refractivity contribution < 1.29 is 4.39 Å². The molecule has 3 aromatic rings. The minimum absolute atomic E-state index is 0.328. The molecule has 2 aromatic carbocycles. The van der Waals surface area contributed by atoms with Crippen LogP contribution in [0.5, 0.6) is 0 Å². The molecule has 0 atom stereocenters. The van der Waals surface area contributed by atoms with Gasteiger partial charge in [-0.1, -0.05) is 29.8 Å². The van der Waals surface area contributed by atoms with E-state index in [2.05, 4.69) is 10.3 Å². The predicted molar refractivity (Wildman–Crippen MR) is 101 cm³/mol. The number of hydrogen-bond donors (Lipinski definition) is 3. The number of hydrogen-bond acceptors (Lipinski definition) is 4. The largest absolute Gasteiger partial charge is 0.405 e. The summed E-state index contributed by atoms with van der Waals surface area (Å²) < 4.78 is 14.3. The van der Waals surface area contributed by atoms with Crippen LogP contribution in [0.15, 0.2) is 72.7 Å². The van der Waals surface area contributed by atoms with Gasteiger partial charge in [0.2, 0.25) is 0 Å². The molecule has 1 heterocycles. The molecule has 126 valence electrons. The highest BCUT2D eigenvalue weighted by Crippen LogP contribution is 2.31. The van der Waals surface area contributed by atoms with E-state index in [0.717, 1.165) is 16.6 Å². The Morgan fingerprint density at radius 2 is 1.92 bits per heavy atom. The van der Waals surface area contributed by atoms with E-state index in [1.165, 1.54) is 24.5 Å². The number of halogens is 2. The summed E-state index contributed by atoms with van der Waals surface area (Å²) in [6, 6.07) is 13.7. The first-order valence-corrected chi connectivity index (χ1v) is 7.92. The number of fused-ring (bicyclic) bond motifs is 1. The molecule has 5 N–H and O–H groups in total. The second kappa shape index (κ2) is 7.23. The van der Waals surface area contributed by atoms with Crippen molar-refractivity contribution in [3.8, 4) is 11.3 Å². The van der Waals surface area contributed by atoms with E-state index < -0.39 is 5.82 Å². The van der Waals surface area contributed by atoms with Crippen LogP contribution in [0.2, 0.25) is 5.02 Å². The number of nitrogens with zero attached hydrogens (tertiary/aromatic N) is 1. The van der Waals surface area contributed by atoms with Gasteiger partial charge in [-0.05, 0) is 42.6 Å². The summed E-state index contributed by atoms with van der Waals surface area (Å²) in [5.41, 5.74) is 13.9. The van der Waals surface area contributed by atoms with Gasteiger partial charge < -0.3 is 16.8 Å². The fraction of sp³-hybridized carbons (Fsp3) is 0. The van der Waals surface area contributed by atoms with Crippen molar-refractivity contribution in [3.63, 3.8) is 0 Å². The summed E-state index contributed by atoms with van der Waals surface area (Å²) in [6.07, 6.45) is 4.42. The van der Waals surface area contributed by atoms with Gasteiger partial charge in [-0.3, -0.25) is 0 Å². The van der Waals surface area contributed by atoms with Gasteiger partial charge in [0.05, 0.1) is 22.6 Å². The molecule has 0 unspecified atom stereocenters. The predicted octanol–water partition coefficient (Wildman–Crippen LogP) is 4.38. The Morgan fingerprint density at radius 1 is 1.12 bits per heavy atom. The van der Waals surface area contributed by atoms with Gasteiger partial charge in [-0.25, -0.2) is 9.37 Å². The SMILES string of the molecule is N/C=C\C(=C/N)Nc1cc(-c2cc(Cl)ccc2F)nc2ccccc12. The minimum Gasteiger partial charge on any atom is -0.405 e. The standard InChI is InChI=1S/C19H16ClFN4/c20-12-5-6-16(21)15(9-12)19-10-18(24-13(11-23)7-8-22)14-3-1-2-4-17(14)25-19/h1-11H,22-23H2,(H,24,25)/b8-7-,13-11+. The Labute approximate surface area is 149 Å². The average Bonchev–Trinajstić information content (AvgIpc) is 2.63. The average molecular weight is 355 g/mol. The Hall–Kier alpha value is -3.05. The van der Waals surface area contributed by atoms with Crippen molar-refractivity contribution >= 4 is 28.2 Å². The van der Waals surface area contributed by atoms with Crippen molar-refractivity contribution in [1.29, 1.82) is 0 Å². The summed E-state index contributed by atoms with van der Waals surface area (Å²) in [7, 11) is 0. The molecule has 0 amide bonds. The van der Waals surface area contributed by atoms with E-state index in [1.54, 1.807) is 18.2 Å². The fourth-order valence-corrected chi connectivity index (χ4v) is 2.68. The van der Waals surface area contributed by atoms with Crippen LogP contribution >= 0.6 is 11.6 Å². The first-order chi connectivity index (χ1) is 12.1. The fourth-order valence-electron chi connectivity index (χ4n) is 2.51. The lowest BCUT2D eigenvalue weighted by Gasteiger charge is -2.13. The molecule has 0 saturated carbocycles. The highest BCUT2D eigenvalue weighted by molar-refractivity contribution is 6.30. The maximum atomic E-state index is 14.3. The summed E-state index contributed by atoms with van der Waals surface area (Å²) in [5.74, 6) is -0.394. The number of nitrogens with two attached hydrogens (primary N) is 2. The van der Waals surface area contributed by atoms with Crippen molar-refractivity contribution in [2.45, 2.75) is 0 Å². The van der Waals surface area contributed by atoms with E-state index in [-0.39, 0.29) is 0 Å². The number of anilines is 1. The van der Waals surface area contributed by atoms with Crippen LogP contribution in [0.1, 0.15) is 0 Å². The number of benzene rings is 2. The molecule has 0 saturated heterocycles. The lowest BCUT2D eigenvalue weighted by molar-refractivity contribution is 0.631. The molecule has 0 aliphatic carbocycles. The first-order valence-electron chi connectivity index (χ1n) is 7.55.